The van der Waals surface area contributed by atoms with Crippen LogP contribution < -0.4 is 10.2 Å². The van der Waals surface area contributed by atoms with Crippen molar-refractivity contribution in [2.45, 2.75) is 25.8 Å². The van der Waals surface area contributed by atoms with Gasteiger partial charge in [-0.25, -0.2) is 4.79 Å². The summed E-state index contributed by atoms with van der Waals surface area (Å²) in [5.41, 5.74) is 3.08. The summed E-state index contributed by atoms with van der Waals surface area (Å²) in [6.45, 7) is 3.76. The van der Waals surface area contributed by atoms with E-state index in [0.717, 1.165) is 11.3 Å². The highest BCUT2D eigenvalue weighted by atomic mass is 16.2. The standard InChI is InChI=1S/C20H24N4O2/c1-3-19(25)23(2)18-8-6-16(7-9-18)17-13-24(14-17)20(26)22-12-15-5-4-10-21-11-15/h4-11,17H,3,12-14H2,1-2H3,(H,22,26). The van der Waals surface area contributed by atoms with Gasteiger partial charge >= 0.3 is 6.03 Å². The van der Waals surface area contributed by atoms with Crippen molar-refractivity contribution in [2.75, 3.05) is 25.0 Å². The topological polar surface area (TPSA) is 65.5 Å². The normalized spacial score (nSPS) is 13.8. The Morgan fingerprint density at radius 3 is 2.58 bits per heavy atom. The molecule has 6 heteroatoms. The molecule has 0 aliphatic carbocycles. The Bertz CT molecular complexity index is 755. The molecule has 136 valence electrons. The molecule has 3 rings (SSSR count). The molecule has 2 heterocycles. The lowest BCUT2D eigenvalue weighted by Gasteiger charge is -2.39. The second kappa shape index (κ2) is 7.99. The number of amides is 3. The van der Waals surface area contributed by atoms with Gasteiger partial charge in [-0.1, -0.05) is 25.1 Å². The summed E-state index contributed by atoms with van der Waals surface area (Å²) < 4.78 is 0. The van der Waals surface area contributed by atoms with Crippen LogP contribution in [0.4, 0.5) is 10.5 Å². The summed E-state index contributed by atoms with van der Waals surface area (Å²) in [5.74, 6) is 0.443. The molecule has 0 unspecified atom stereocenters. The fraction of sp³-hybridized carbons (Fsp3) is 0.350. The van der Waals surface area contributed by atoms with Crippen LogP contribution in [-0.4, -0.2) is 42.0 Å². The number of nitrogens with zero attached hydrogens (tertiary/aromatic N) is 3. The Hall–Kier alpha value is -2.89. The molecule has 2 aromatic rings. The average molecular weight is 352 g/mol. The summed E-state index contributed by atoms with van der Waals surface area (Å²) in [5, 5.41) is 2.92. The van der Waals surface area contributed by atoms with E-state index in [1.807, 2.05) is 48.2 Å². The summed E-state index contributed by atoms with van der Waals surface area (Å²) >= 11 is 0. The molecule has 1 aliphatic heterocycles. The lowest BCUT2D eigenvalue weighted by atomic mass is 9.91. The van der Waals surface area contributed by atoms with Crippen LogP contribution in [-0.2, 0) is 11.3 Å². The second-order valence-electron chi connectivity index (χ2n) is 6.52. The van der Waals surface area contributed by atoms with Crippen LogP contribution in [0.1, 0.15) is 30.4 Å². The van der Waals surface area contributed by atoms with Crippen LogP contribution in [0, 0.1) is 0 Å². The van der Waals surface area contributed by atoms with E-state index in [9.17, 15) is 9.59 Å². The zero-order valence-electron chi connectivity index (χ0n) is 15.2. The number of urea groups is 1. The number of nitrogens with one attached hydrogen (secondary N) is 1. The van der Waals surface area contributed by atoms with Gasteiger partial charge in [0.25, 0.3) is 0 Å². The van der Waals surface area contributed by atoms with Crippen LogP contribution in [0.25, 0.3) is 0 Å². The number of carbonyl (C=O) groups excluding carboxylic acids is 2. The second-order valence-corrected chi connectivity index (χ2v) is 6.52. The van der Waals surface area contributed by atoms with Gasteiger partial charge < -0.3 is 15.1 Å². The van der Waals surface area contributed by atoms with Crippen LogP contribution in [0.3, 0.4) is 0 Å². The number of likely N-dealkylation sites (tertiary alicyclic amines) is 1. The molecule has 0 saturated carbocycles. The van der Waals surface area contributed by atoms with Crippen LogP contribution in [0.15, 0.2) is 48.8 Å². The quantitative estimate of drug-likeness (QED) is 0.900. The number of hydrogen-bond donors (Lipinski definition) is 1. The molecule has 1 aliphatic rings. The molecule has 0 bridgehead atoms. The van der Waals surface area contributed by atoms with E-state index < -0.39 is 0 Å². The van der Waals surface area contributed by atoms with Gasteiger partial charge in [0, 0.05) is 57.1 Å². The molecular weight excluding hydrogens is 328 g/mol. The number of anilines is 1. The van der Waals surface area contributed by atoms with Crippen molar-refractivity contribution in [1.82, 2.24) is 15.2 Å². The number of aromatic nitrogens is 1. The van der Waals surface area contributed by atoms with E-state index >= 15 is 0 Å². The monoisotopic (exact) mass is 352 g/mol. The van der Waals surface area contributed by atoms with Gasteiger partial charge in [-0.2, -0.15) is 0 Å². The Morgan fingerprint density at radius 2 is 1.96 bits per heavy atom. The van der Waals surface area contributed by atoms with E-state index in [1.165, 1.54) is 5.56 Å². The molecule has 1 fully saturated rings. The molecule has 1 saturated heterocycles. The first-order valence-electron chi connectivity index (χ1n) is 8.86. The molecule has 0 atom stereocenters. The molecule has 3 amide bonds. The highest BCUT2D eigenvalue weighted by Gasteiger charge is 2.31. The predicted molar refractivity (Wildman–Crippen MR) is 101 cm³/mol. The highest BCUT2D eigenvalue weighted by molar-refractivity contribution is 5.92. The zero-order chi connectivity index (χ0) is 18.5. The van der Waals surface area contributed by atoms with Gasteiger partial charge in [0.05, 0.1) is 0 Å². The molecule has 0 radical (unpaired) electrons. The maximum atomic E-state index is 12.2. The SMILES string of the molecule is CCC(=O)N(C)c1ccc(C2CN(C(=O)NCc3cccnc3)C2)cc1. The molecule has 1 aromatic carbocycles. The first-order valence-corrected chi connectivity index (χ1v) is 8.86. The molecule has 1 aromatic heterocycles. The summed E-state index contributed by atoms with van der Waals surface area (Å²) in [7, 11) is 1.79. The van der Waals surface area contributed by atoms with Gasteiger partial charge in [0.15, 0.2) is 0 Å². The maximum Gasteiger partial charge on any atom is 0.317 e. The maximum absolute atomic E-state index is 12.2. The van der Waals surface area contributed by atoms with Crippen molar-refractivity contribution in [2.24, 2.45) is 0 Å². The minimum absolute atomic E-state index is 0.0463. The molecule has 6 nitrogen and oxygen atoms in total. The van der Waals surface area contributed by atoms with Crippen LogP contribution >= 0.6 is 0 Å². The van der Waals surface area contributed by atoms with Gasteiger partial charge in [-0.15, -0.1) is 0 Å². The van der Waals surface area contributed by atoms with E-state index in [-0.39, 0.29) is 11.9 Å². The molecular formula is C20H24N4O2. The fourth-order valence-corrected chi connectivity index (χ4v) is 3.00. The van der Waals surface area contributed by atoms with Crippen molar-refractivity contribution in [3.8, 4) is 0 Å². The summed E-state index contributed by atoms with van der Waals surface area (Å²) in [6.07, 6.45) is 3.96. The van der Waals surface area contributed by atoms with E-state index in [1.54, 1.807) is 24.3 Å². The average Bonchev–Trinajstić information content (AvgIpc) is 2.65. The van der Waals surface area contributed by atoms with Crippen molar-refractivity contribution >= 4 is 17.6 Å². The predicted octanol–water partition coefficient (Wildman–Crippen LogP) is 2.76. The van der Waals surface area contributed by atoms with E-state index in [0.29, 0.717) is 32.0 Å². The third kappa shape index (κ3) is 4.02. The lowest BCUT2D eigenvalue weighted by molar-refractivity contribution is -0.118. The smallest absolute Gasteiger partial charge is 0.317 e. The van der Waals surface area contributed by atoms with Crippen molar-refractivity contribution in [1.29, 1.82) is 0 Å². The number of rotatable bonds is 5. The van der Waals surface area contributed by atoms with Crippen molar-refractivity contribution in [3.05, 3.63) is 59.9 Å². The third-order valence-electron chi connectivity index (χ3n) is 4.76. The third-order valence-corrected chi connectivity index (χ3v) is 4.76. The van der Waals surface area contributed by atoms with Crippen molar-refractivity contribution < 1.29 is 9.59 Å². The minimum atomic E-state index is -0.0463. The Morgan fingerprint density at radius 1 is 1.23 bits per heavy atom. The van der Waals surface area contributed by atoms with Crippen molar-refractivity contribution in [3.63, 3.8) is 0 Å². The number of hydrogen-bond acceptors (Lipinski definition) is 3. The Labute approximate surface area is 153 Å². The van der Waals surface area contributed by atoms with Gasteiger partial charge in [-0.05, 0) is 29.3 Å². The Kier molecular flexibility index (Phi) is 5.51. The number of carbonyl (C=O) groups is 2. The number of pyridine rings is 1. The molecule has 26 heavy (non-hydrogen) atoms. The minimum Gasteiger partial charge on any atom is -0.334 e. The summed E-state index contributed by atoms with van der Waals surface area (Å²) in [6, 6.07) is 11.8. The molecule has 1 N–H and O–H groups in total. The van der Waals surface area contributed by atoms with Gasteiger partial charge in [0.2, 0.25) is 5.91 Å². The Balaban J connectivity index is 1.48. The number of benzene rings is 1. The van der Waals surface area contributed by atoms with Crippen LogP contribution in [0.2, 0.25) is 0 Å². The largest absolute Gasteiger partial charge is 0.334 e. The first-order chi connectivity index (χ1) is 12.6. The summed E-state index contributed by atoms with van der Waals surface area (Å²) in [4.78, 5) is 31.4. The van der Waals surface area contributed by atoms with E-state index in [2.05, 4.69) is 10.3 Å². The molecule has 0 spiro atoms. The van der Waals surface area contributed by atoms with E-state index in [4.69, 9.17) is 0 Å². The van der Waals surface area contributed by atoms with Gasteiger partial charge in [-0.3, -0.25) is 9.78 Å². The fourth-order valence-electron chi connectivity index (χ4n) is 3.00. The van der Waals surface area contributed by atoms with Crippen LogP contribution in [0.5, 0.6) is 0 Å². The van der Waals surface area contributed by atoms with Gasteiger partial charge in [0.1, 0.15) is 0 Å². The lowest BCUT2D eigenvalue weighted by Crippen LogP contribution is -2.52. The zero-order valence-corrected chi connectivity index (χ0v) is 15.2. The highest BCUT2D eigenvalue weighted by Crippen LogP contribution is 2.28. The first kappa shape index (κ1) is 17.9.